The lowest BCUT2D eigenvalue weighted by Crippen LogP contribution is -2.00. The van der Waals surface area contributed by atoms with Crippen LogP contribution >= 0.6 is 0 Å². The fourth-order valence-electron chi connectivity index (χ4n) is 11.1. The van der Waals surface area contributed by atoms with Gasteiger partial charge >= 0.3 is 0 Å². The smallest absolute Gasteiger partial charge is 0.100 e. The molecule has 0 bridgehead atoms. The first-order valence-corrected chi connectivity index (χ1v) is 22.1. The van der Waals surface area contributed by atoms with Crippen LogP contribution in [0.2, 0.25) is 0 Å². The molecule has 13 rings (SSSR count). The van der Waals surface area contributed by atoms with E-state index in [-0.39, 0.29) is 0 Å². The van der Waals surface area contributed by atoms with E-state index in [1.807, 2.05) is 36.4 Å². The second-order valence-corrected chi connectivity index (χ2v) is 17.2. The van der Waals surface area contributed by atoms with E-state index in [2.05, 4.69) is 182 Å². The van der Waals surface area contributed by atoms with Gasteiger partial charge in [-0.25, -0.2) is 0 Å². The summed E-state index contributed by atoms with van der Waals surface area (Å²) in [6.07, 6.45) is 0. The minimum absolute atomic E-state index is 0.565. The third kappa shape index (κ3) is 5.22. The zero-order valence-electron chi connectivity index (χ0n) is 35.4. The van der Waals surface area contributed by atoms with Gasteiger partial charge in [-0.05, 0) is 117 Å². The third-order valence-electron chi connectivity index (χ3n) is 13.8. The summed E-state index contributed by atoms with van der Waals surface area (Å²) in [5.41, 5.74) is 18.4. The van der Waals surface area contributed by atoms with Gasteiger partial charge in [0.2, 0.25) is 0 Å². The Kier molecular flexibility index (Phi) is 8.10. The number of nitriles is 3. The highest BCUT2D eigenvalue weighted by Gasteiger charge is 2.44. The molecule has 0 atom stereocenters. The minimum atomic E-state index is 0.565. The maximum absolute atomic E-state index is 11.6. The van der Waals surface area contributed by atoms with Gasteiger partial charge in [-0.2, -0.15) is 15.8 Å². The average molecular weight is 832 g/mol. The fourth-order valence-corrected chi connectivity index (χ4v) is 11.1. The van der Waals surface area contributed by atoms with Crippen LogP contribution in [0.15, 0.2) is 200 Å². The highest BCUT2D eigenvalue weighted by atomic mass is 14.5. The summed E-state index contributed by atoms with van der Waals surface area (Å²) in [6, 6.07) is 77.0. The molecular formula is C63H33N3. The molecule has 10 aromatic carbocycles. The van der Waals surface area contributed by atoms with Gasteiger partial charge in [-0.1, -0.05) is 182 Å². The second-order valence-electron chi connectivity index (χ2n) is 17.2. The molecule has 0 aliphatic heterocycles. The van der Waals surface area contributed by atoms with E-state index in [0.29, 0.717) is 16.7 Å². The van der Waals surface area contributed by atoms with Crippen LogP contribution in [0.25, 0.3) is 99.1 Å². The van der Waals surface area contributed by atoms with Gasteiger partial charge in [0, 0.05) is 33.4 Å². The van der Waals surface area contributed by atoms with Gasteiger partial charge in [0.1, 0.15) is 18.2 Å². The Bertz CT molecular complexity index is 3640. The fraction of sp³-hybridized carbons (Fsp3) is 0. The average Bonchev–Trinajstić information content (AvgIpc) is 4.01. The van der Waals surface area contributed by atoms with E-state index in [1.165, 1.54) is 0 Å². The lowest BCUT2D eigenvalue weighted by molar-refractivity contribution is 1.52. The van der Waals surface area contributed by atoms with Crippen molar-refractivity contribution in [1.82, 2.24) is 0 Å². The molecule has 0 radical (unpaired) electrons. The van der Waals surface area contributed by atoms with Crippen molar-refractivity contribution >= 4 is 65.8 Å². The Morgan fingerprint density at radius 3 is 0.758 bits per heavy atom. The molecule has 10 aromatic rings. The zero-order chi connectivity index (χ0) is 44.0. The summed E-state index contributed by atoms with van der Waals surface area (Å²) in [4.78, 5) is 0. The van der Waals surface area contributed by atoms with Crippen molar-refractivity contribution in [3.05, 3.63) is 250 Å². The van der Waals surface area contributed by atoms with Crippen LogP contribution in [0.5, 0.6) is 0 Å². The largest absolute Gasteiger partial charge is 0.192 e. The third-order valence-corrected chi connectivity index (χ3v) is 13.8. The van der Waals surface area contributed by atoms with Crippen molar-refractivity contribution in [1.29, 1.82) is 15.8 Å². The first-order valence-electron chi connectivity index (χ1n) is 22.1. The molecule has 0 saturated heterocycles. The summed E-state index contributed by atoms with van der Waals surface area (Å²) in [7, 11) is 0. The number of allylic oxidation sites excluding steroid dienone is 3. The maximum Gasteiger partial charge on any atom is 0.100 e. The SMILES string of the molecule is N#CC(=C1c2ccccc2-c2c1c1c(c3c2C(=C(C#N)c2ccc4ccccc4c2)c2ccccc2-3)C(=C(C#N)c2ccc3ccccc3c2)c2ccccc2-1)c1ccc2ccccc2c1. The lowest BCUT2D eigenvalue weighted by atomic mass is 9.81. The molecular weight excluding hydrogens is 799 g/mol. The topological polar surface area (TPSA) is 71.4 Å². The van der Waals surface area contributed by atoms with Crippen LogP contribution in [-0.4, -0.2) is 0 Å². The monoisotopic (exact) mass is 831 g/mol. The predicted octanol–water partition coefficient (Wildman–Crippen LogP) is 15.5. The molecule has 3 aliphatic rings. The minimum Gasteiger partial charge on any atom is -0.192 e. The Balaban J connectivity index is 1.26. The van der Waals surface area contributed by atoms with E-state index in [9.17, 15) is 15.8 Å². The summed E-state index contributed by atoms with van der Waals surface area (Å²) in [5, 5.41) is 41.1. The summed E-state index contributed by atoms with van der Waals surface area (Å²) in [5.74, 6) is 0. The van der Waals surface area contributed by atoms with E-state index < -0.39 is 0 Å². The molecule has 0 unspecified atom stereocenters. The molecule has 0 N–H and O–H groups in total. The molecule has 0 aromatic heterocycles. The zero-order valence-corrected chi connectivity index (χ0v) is 35.4. The number of fused-ring (bicyclic) bond motifs is 15. The van der Waals surface area contributed by atoms with Gasteiger partial charge in [-0.15, -0.1) is 0 Å². The van der Waals surface area contributed by atoms with Gasteiger partial charge < -0.3 is 0 Å². The normalized spacial score (nSPS) is 14.9. The van der Waals surface area contributed by atoms with Crippen LogP contribution in [0.4, 0.5) is 0 Å². The van der Waals surface area contributed by atoms with Crippen molar-refractivity contribution in [2.24, 2.45) is 0 Å². The predicted molar refractivity (Wildman–Crippen MR) is 269 cm³/mol. The van der Waals surface area contributed by atoms with Crippen LogP contribution in [0, 0.1) is 34.0 Å². The molecule has 0 fully saturated rings. The molecule has 300 valence electrons. The molecule has 66 heavy (non-hydrogen) atoms. The van der Waals surface area contributed by atoms with Gasteiger partial charge in [0.05, 0.1) is 16.7 Å². The summed E-state index contributed by atoms with van der Waals surface area (Å²) < 4.78 is 0. The Labute approximate surface area is 381 Å². The second kappa shape index (κ2) is 14.4. The van der Waals surface area contributed by atoms with Crippen molar-refractivity contribution in [2.45, 2.75) is 0 Å². The van der Waals surface area contributed by atoms with Crippen molar-refractivity contribution < 1.29 is 0 Å². The van der Waals surface area contributed by atoms with E-state index in [0.717, 1.165) is 132 Å². The lowest BCUT2D eigenvalue weighted by Gasteiger charge is -2.20. The first-order chi connectivity index (χ1) is 32.6. The van der Waals surface area contributed by atoms with E-state index in [4.69, 9.17) is 0 Å². The van der Waals surface area contributed by atoms with Crippen molar-refractivity contribution in [3.63, 3.8) is 0 Å². The van der Waals surface area contributed by atoms with Gasteiger partial charge in [0.25, 0.3) is 0 Å². The standard InChI is InChI=1S/C63H33N3/c64-34-52(43-28-25-37-13-1-4-16-40(37)31-43)55-46-19-7-10-22-49(46)58-61(55)59-50-23-11-8-20-47(50)56(53(35-65)44-29-26-38-14-2-5-17-41(38)32-44)63(59)60-51-24-12-9-21-48(51)57(62(58)60)54(36-66)45-30-27-39-15-3-6-18-42(39)33-45/h1-33H. The molecule has 3 heteroatoms. The molecule has 0 amide bonds. The highest BCUT2D eigenvalue weighted by Crippen LogP contribution is 2.66. The number of hydrogen-bond acceptors (Lipinski definition) is 3. The summed E-state index contributed by atoms with van der Waals surface area (Å²) in [6.45, 7) is 0. The number of nitrogens with zero attached hydrogens (tertiary/aromatic N) is 3. The Hall–Kier alpha value is -9.33. The van der Waals surface area contributed by atoms with Gasteiger partial charge in [0.15, 0.2) is 0 Å². The molecule has 0 saturated carbocycles. The van der Waals surface area contributed by atoms with Crippen LogP contribution in [-0.2, 0) is 0 Å². The molecule has 3 nitrogen and oxygen atoms in total. The Morgan fingerprint density at radius 2 is 0.485 bits per heavy atom. The van der Waals surface area contributed by atoms with E-state index in [1.54, 1.807) is 0 Å². The van der Waals surface area contributed by atoms with E-state index >= 15 is 0 Å². The van der Waals surface area contributed by atoms with Gasteiger partial charge in [-0.3, -0.25) is 0 Å². The number of rotatable bonds is 3. The van der Waals surface area contributed by atoms with Crippen LogP contribution in [0.3, 0.4) is 0 Å². The molecule has 3 aliphatic carbocycles. The van der Waals surface area contributed by atoms with Crippen LogP contribution < -0.4 is 0 Å². The first kappa shape index (κ1) is 37.2. The number of hydrogen-bond donors (Lipinski definition) is 0. The van der Waals surface area contributed by atoms with Crippen LogP contribution in [0.1, 0.15) is 50.1 Å². The molecule has 0 spiro atoms. The van der Waals surface area contributed by atoms with Crippen molar-refractivity contribution in [3.8, 4) is 51.6 Å². The Morgan fingerprint density at radius 1 is 0.242 bits per heavy atom. The summed E-state index contributed by atoms with van der Waals surface area (Å²) >= 11 is 0. The number of benzene rings is 10. The molecule has 0 heterocycles. The highest BCUT2D eigenvalue weighted by molar-refractivity contribution is 6.30. The van der Waals surface area contributed by atoms with Crippen molar-refractivity contribution in [2.75, 3.05) is 0 Å². The maximum atomic E-state index is 11.6. The quantitative estimate of drug-likeness (QED) is 0.167.